The van der Waals surface area contributed by atoms with E-state index in [0.717, 1.165) is 11.5 Å². The van der Waals surface area contributed by atoms with E-state index in [0.29, 0.717) is 12.1 Å². The minimum absolute atomic E-state index is 0. The van der Waals surface area contributed by atoms with E-state index in [9.17, 15) is 4.79 Å². The van der Waals surface area contributed by atoms with Crippen LogP contribution in [-0.2, 0) is 6.54 Å². The highest BCUT2D eigenvalue weighted by molar-refractivity contribution is 14.0. The number of hydrogen-bond donors (Lipinski definition) is 1. The Labute approximate surface area is 138 Å². The number of benzene rings is 1. The summed E-state index contributed by atoms with van der Waals surface area (Å²) in [5.74, 6) is 0.840. The molecular formula is C14H23IN4O. The first-order valence-corrected chi connectivity index (χ1v) is 6.15. The zero-order chi connectivity index (χ0) is 14.4. The Morgan fingerprint density at radius 3 is 2.00 bits per heavy atom. The van der Waals surface area contributed by atoms with Crippen LogP contribution in [0.1, 0.15) is 15.9 Å². The molecule has 0 fully saturated rings. The van der Waals surface area contributed by atoms with E-state index in [1.165, 1.54) is 0 Å². The summed E-state index contributed by atoms with van der Waals surface area (Å²) >= 11 is 0. The molecule has 0 bridgehead atoms. The van der Waals surface area contributed by atoms with E-state index < -0.39 is 0 Å². The van der Waals surface area contributed by atoms with E-state index in [1.807, 2.05) is 62.3 Å². The summed E-state index contributed by atoms with van der Waals surface area (Å²) < 4.78 is 0. The molecule has 5 nitrogen and oxygen atoms in total. The number of rotatable bonds is 3. The van der Waals surface area contributed by atoms with Crippen molar-refractivity contribution >= 4 is 35.8 Å². The minimum atomic E-state index is -0.0719. The molecule has 0 unspecified atom stereocenters. The van der Waals surface area contributed by atoms with Crippen LogP contribution in [0.5, 0.6) is 0 Å². The smallest absolute Gasteiger partial charge is 0.251 e. The molecule has 1 N–H and O–H groups in total. The Balaban J connectivity index is 0.00000361. The van der Waals surface area contributed by atoms with Crippen LogP contribution in [0.4, 0.5) is 0 Å². The first-order valence-electron chi connectivity index (χ1n) is 6.15. The van der Waals surface area contributed by atoms with Gasteiger partial charge in [0, 0.05) is 40.8 Å². The molecule has 0 aliphatic rings. The van der Waals surface area contributed by atoms with Crippen LogP contribution in [0, 0.1) is 0 Å². The maximum Gasteiger partial charge on any atom is 0.251 e. The summed E-state index contributed by atoms with van der Waals surface area (Å²) in [4.78, 5) is 19.9. The molecule has 20 heavy (non-hydrogen) atoms. The van der Waals surface area contributed by atoms with Gasteiger partial charge in [0.2, 0.25) is 0 Å². The van der Waals surface area contributed by atoms with Crippen molar-refractivity contribution in [2.75, 3.05) is 35.2 Å². The third kappa shape index (κ3) is 5.36. The lowest BCUT2D eigenvalue weighted by Crippen LogP contribution is -2.35. The Hall–Kier alpha value is -1.31. The lowest BCUT2D eigenvalue weighted by atomic mass is 10.1. The van der Waals surface area contributed by atoms with Crippen molar-refractivity contribution in [1.82, 2.24) is 15.1 Å². The summed E-state index contributed by atoms with van der Waals surface area (Å²) in [5.41, 5.74) is 1.74. The van der Waals surface area contributed by atoms with Crippen molar-refractivity contribution < 1.29 is 4.79 Å². The number of carbonyl (C=O) groups excluding carboxylic acids is 1. The molecule has 6 heteroatoms. The molecule has 0 aliphatic carbocycles. The molecule has 1 amide bonds. The van der Waals surface area contributed by atoms with Crippen LogP contribution in [0.25, 0.3) is 0 Å². The van der Waals surface area contributed by atoms with Crippen molar-refractivity contribution in [3.63, 3.8) is 0 Å². The number of halogens is 1. The maximum atomic E-state index is 11.4. The molecule has 1 aromatic rings. The van der Waals surface area contributed by atoms with Gasteiger partial charge >= 0.3 is 0 Å². The molecule has 0 radical (unpaired) electrons. The van der Waals surface area contributed by atoms with E-state index in [1.54, 1.807) is 7.05 Å². The Morgan fingerprint density at radius 2 is 1.60 bits per heavy atom. The molecule has 0 saturated carbocycles. The second kappa shape index (κ2) is 8.78. The van der Waals surface area contributed by atoms with Gasteiger partial charge in [-0.15, -0.1) is 24.0 Å². The Bertz CT molecular complexity index is 445. The van der Waals surface area contributed by atoms with Crippen LogP contribution in [0.3, 0.4) is 0 Å². The van der Waals surface area contributed by atoms with Gasteiger partial charge in [-0.1, -0.05) is 12.1 Å². The van der Waals surface area contributed by atoms with Crippen molar-refractivity contribution in [2.45, 2.75) is 6.54 Å². The quantitative estimate of drug-likeness (QED) is 0.485. The van der Waals surface area contributed by atoms with Crippen LogP contribution in [-0.4, -0.2) is 56.9 Å². The lowest BCUT2D eigenvalue weighted by Gasteiger charge is -2.22. The van der Waals surface area contributed by atoms with Crippen molar-refractivity contribution in [2.24, 2.45) is 4.99 Å². The molecule has 0 heterocycles. The fourth-order valence-corrected chi connectivity index (χ4v) is 1.75. The second-order valence-electron chi connectivity index (χ2n) is 4.68. The molecule has 112 valence electrons. The standard InChI is InChI=1S/C14H22N4O.HI/c1-15-13(19)12-8-6-11(7-9-12)10-16-14(17(2)3)18(4)5;/h6-9H,10H2,1-5H3,(H,15,19);1H. The average molecular weight is 390 g/mol. The summed E-state index contributed by atoms with van der Waals surface area (Å²) in [6, 6.07) is 7.48. The third-order valence-electron chi connectivity index (χ3n) is 2.65. The average Bonchev–Trinajstić information content (AvgIpc) is 2.38. The zero-order valence-electron chi connectivity index (χ0n) is 12.7. The van der Waals surface area contributed by atoms with E-state index in [2.05, 4.69) is 10.3 Å². The molecule has 1 aromatic carbocycles. The molecule has 0 atom stereocenters. The fraction of sp³-hybridized carbons (Fsp3) is 0.429. The van der Waals surface area contributed by atoms with Crippen LogP contribution in [0.2, 0.25) is 0 Å². The van der Waals surface area contributed by atoms with E-state index in [-0.39, 0.29) is 29.9 Å². The van der Waals surface area contributed by atoms with E-state index >= 15 is 0 Å². The van der Waals surface area contributed by atoms with Gasteiger partial charge in [0.1, 0.15) is 0 Å². The summed E-state index contributed by atoms with van der Waals surface area (Å²) in [7, 11) is 9.49. The maximum absolute atomic E-state index is 11.4. The largest absolute Gasteiger partial charge is 0.355 e. The molecule has 0 aliphatic heterocycles. The number of aliphatic imine (C=N–C) groups is 1. The number of carbonyl (C=O) groups is 1. The van der Waals surface area contributed by atoms with Gasteiger partial charge in [0.05, 0.1) is 6.54 Å². The summed E-state index contributed by atoms with van der Waals surface area (Å²) in [5, 5.41) is 2.60. The minimum Gasteiger partial charge on any atom is -0.355 e. The number of amides is 1. The van der Waals surface area contributed by atoms with Gasteiger partial charge in [-0.25, -0.2) is 4.99 Å². The Morgan fingerprint density at radius 1 is 1.10 bits per heavy atom. The molecule has 0 saturated heterocycles. The monoisotopic (exact) mass is 390 g/mol. The molecule has 0 spiro atoms. The van der Waals surface area contributed by atoms with Gasteiger partial charge in [0.25, 0.3) is 5.91 Å². The first-order chi connectivity index (χ1) is 8.95. The second-order valence-corrected chi connectivity index (χ2v) is 4.68. The predicted octanol–water partition coefficient (Wildman–Crippen LogP) is 1.64. The highest BCUT2D eigenvalue weighted by Gasteiger charge is 2.05. The number of hydrogen-bond acceptors (Lipinski definition) is 2. The highest BCUT2D eigenvalue weighted by atomic mass is 127. The number of nitrogens with zero attached hydrogens (tertiary/aromatic N) is 3. The summed E-state index contributed by atoms with van der Waals surface area (Å²) in [6.45, 7) is 0.597. The van der Waals surface area contributed by atoms with Gasteiger partial charge in [-0.05, 0) is 17.7 Å². The number of nitrogens with one attached hydrogen (secondary N) is 1. The number of guanidine groups is 1. The van der Waals surface area contributed by atoms with Crippen LogP contribution in [0.15, 0.2) is 29.3 Å². The van der Waals surface area contributed by atoms with Gasteiger partial charge in [-0.2, -0.15) is 0 Å². The predicted molar refractivity (Wildman–Crippen MR) is 93.8 cm³/mol. The highest BCUT2D eigenvalue weighted by Crippen LogP contribution is 2.06. The van der Waals surface area contributed by atoms with Crippen molar-refractivity contribution in [3.8, 4) is 0 Å². The Kier molecular flexibility index (Phi) is 8.21. The zero-order valence-corrected chi connectivity index (χ0v) is 15.0. The van der Waals surface area contributed by atoms with E-state index in [4.69, 9.17) is 0 Å². The SMILES string of the molecule is CNC(=O)c1ccc(CN=C(N(C)C)N(C)C)cc1.I. The van der Waals surface area contributed by atoms with Crippen molar-refractivity contribution in [3.05, 3.63) is 35.4 Å². The van der Waals surface area contributed by atoms with Gasteiger partial charge in [0.15, 0.2) is 5.96 Å². The normalized spacial score (nSPS) is 9.25. The topological polar surface area (TPSA) is 47.9 Å². The lowest BCUT2D eigenvalue weighted by molar-refractivity contribution is 0.0963. The van der Waals surface area contributed by atoms with Crippen LogP contribution >= 0.6 is 24.0 Å². The fourth-order valence-electron chi connectivity index (χ4n) is 1.75. The van der Waals surface area contributed by atoms with Gasteiger partial charge in [-0.3, -0.25) is 4.79 Å². The third-order valence-corrected chi connectivity index (χ3v) is 2.65. The molecule has 0 aromatic heterocycles. The molecule has 1 rings (SSSR count). The van der Waals surface area contributed by atoms with Crippen LogP contribution < -0.4 is 5.32 Å². The first kappa shape index (κ1) is 18.7. The molecular weight excluding hydrogens is 367 g/mol. The summed E-state index contributed by atoms with van der Waals surface area (Å²) in [6.07, 6.45) is 0. The van der Waals surface area contributed by atoms with Crippen molar-refractivity contribution in [1.29, 1.82) is 0 Å². The van der Waals surface area contributed by atoms with Gasteiger partial charge < -0.3 is 15.1 Å².